The Balaban J connectivity index is 2.05. The molecular weight excluding hydrogens is 259 g/mol. The van der Waals surface area contributed by atoms with Crippen molar-refractivity contribution in [3.8, 4) is 10.6 Å². The van der Waals surface area contributed by atoms with Crippen LogP contribution >= 0.6 is 11.3 Å². The van der Waals surface area contributed by atoms with E-state index in [4.69, 9.17) is 4.98 Å². The minimum Gasteiger partial charge on any atom is -0.312 e. The van der Waals surface area contributed by atoms with Crippen LogP contribution < -0.4 is 5.32 Å². The van der Waals surface area contributed by atoms with Crippen LogP contribution in [0, 0.1) is 12.7 Å². The molecular formula is C15H17FN2S. The third kappa shape index (κ3) is 2.30. The average Bonchev–Trinajstić information content (AvgIpc) is 2.81. The van der Waals surface area contributed by atoms with Crippen molar-refractivity contribution in [2.24, 2.45) is 0 Å². The highest BCUT2D eigenvalue weighted by atomic mass is 32.1. The van der Waals surface area contributed by atoms with E-state index in [1.165, 1.54) is 29.5 Å². The molecule has 0 amide bonds. The van der Waals surface area contributed by atoms with Gasteiger partial charge in [0.25, 0.3) is 0 Å². The maximum atomic E-state index is 13.2. The molecule has 0 saturated carbocycles. The van der Waals surface area contributed by atoms with Crippen molar-refractivity contribution in [1.82, 2.24) is 10.3 Å². The third-order valence-corrected chi connectivity index (χ3v) is 4.96. The van der Waals surface area contributed by atoms with Gasteiger partial charge in [0.15, 0.2) is 0 Å². The molecule has 0 spiro atoms. The normalized spacial score (nSPS) is 18.4. The Bertz CT molecular complexity index is 606. The molecule has 2 aromatic rings. The van der Waals surface area contributed by atoms with Crippen LogP contribution in [0.25, 0.3) is 10.6 Å². The molecule has 0 saturated heterocycles. The second kappa shape index (κ2) is 5.02. The second-order valence-electron chi connectivity index (χ2n) is 5.02. The van der Waals surface area contributed by atoms with E-state index < -0.39 is 0 Å². The smallest absolute Gasteiger partial charge is 0.124 e. The molecule has 0 bridgehead atoms. The molecule has 1 atom stereocenters. The lowest BCUT2D eigenvalue weighted by Crippen LogP contribution is -2.19. The van der Waals surface area contributed by atoms with E-state index in [-0.39, 0.29) is 5.82 Å². The van der Waals surface area contributed by atoms with Crippen molar-refractivity contribution in [2.75, 3.05) is 7.05 Å². The molecule has 0 aliphatic heterocycles. The lowest BCUT2D eigenvalue weighted by atomic mass is 9.98. The van der Waals surface area contributed by atoms with Gasteiger partial charge in [0.2, 0.25) is 0 Å². The summed E-state index contributed by atoms with van der Waals surface area (Å²) in [6, 6.07) is 5.35. The number of halogens is 1. The Morgan fingerprint density at radius 3 is 3.00 bits per heavy atom. The predicted octanol–water partition coefficient (Wildman–Crippen LogP) is 3.85. The molecule has 1 aliphatic rings. The number of hydrogen-bond acceptors (Lipinski definition) is 3. The first-order valence-electron chi connectivity index (χ1n) is 6.62. The molecule has 1 aliphatic carbocycles. The molecule has 1 heterocycles. The van der Waals surface area contributed by atoms with E-state index in [9.17, 15) is 4.39 Å². The fourth-order valence-corrected chi connectivity index (χ4v) is 4.02. The summed E-state index contributed by atoms with van der Waals surface area (Å²) in [7, 11) is 2.00. The Morgan fingerprint density at radius 2 is 2.26 bits per heavy atom. The van der Waals surface area contributed by atoms with Gasteiger partial charge in [-0.2, -0.15) is 0 Å². The van der Waals surface area contributed by atoms with Crippen LogP contribution in [-0.4, -0.2) is 12.0 Å². The summed E-state index contributed by atoms with van der Waals surface area (Å²) in [6.45, 7) is 1.94. The van der Waals surface area contributed by atoms with Gasteiger partial charge >= 0.3 is 0 Å². The van der Waals surface area contributed by atoms with E-state index in [1.54, 1.807) is 17.4 Å². The van der Waals surface area contributed by atoms with Gasteiger partial charge in [0.1, 0.15) is 10.8 Å². The monoisotopic (exact) mass is 276 g/mol. The fourth-order valence-electron chi connectivity index (χ4n) is 2.68. The summed E-state index contributed by atoms with van der Waals surface area (Å²) < 4.78 is 13.2. The molecule has 0 radical (unpaired) electrons. The number of rotatable bonds is 2. The van der Waals surface area contributed by atoms with Gasteiger partial charge in [-0.3, -0.25) is 0 Å². The summed E-state index contributed by atoms with van der Waals surface area (Å²) in [5.74, 6) is -0.185. The molecule has 4 heteroatoms. The van der Waals surface area contributed by atoms with Crippen LogP contribution in [0.3, 0.4) is 0 Å². The van der Waals surface area contributed by atoms with E-state index >= 15 is 0 Å². The fraction of sp³-hybridized carbons (Fsp3) is 0.400. The largest absolute Gasteiger partial charge is 0.312 e. The average molecular weight is 276 g/mol. The first-order chi connectivity index (χ1) is 9.19. The summed E-state index contributed by atoms with van der Waals surface area (Å²) in [4.78, 5) is 6.12. The molecule has 0 fully saturated rings. The number of nitrogens with one attached hydrogen (secondary N) is 1. The van der Waals surface area contributed by atoms with Gasteiger partial charge < -0.3 is 5.32 Å². The molecule has 3 rings (SSSR count). The van der Waals surface area contributed by atoms with Crippen molar-refractivity contribution < 1.29 is 4.39 Å². The standard InChI is InChI=1S/C15H17FN2S/c1-9-8-10(16)6-7-11(9)15-18-13-5-3-4-12(17-2)14(13)19-15/h6-8,12,17H,3-5H2,1-2H3. The number of nitrogens with zero attached hydrogens (tertiary/aromatic N) is 1. The SMILES string of the molecule is CNC1CCCc2nc(-c3ccc(F)cc3C)sc21. The van der Waals surface area contributed by atoms with Crippen molar-refractivity contribution in [3.05, 3.63) is 40.2 Å². The number of benzene rings is 1. The second-order valence-corrected chi connectivity index (χ2v) is 6.05. The Morgan fingerprint density at radius 1 is 1.42 bits per heavy atom. The van der Waals surface area contributed by atoms with Crippen LogP contribution in [0.2, 0.25) is 0 Å². The zero-order chi connectivity index (χ0) is 13.4. The topological polar surface area (TPSA) is 24.9 Å². The molecule has 1 N–H and O–H groups in total. The highest BCUT2D eigenvalue weighted by molar-refractivity contribution is 7.15. The number of fused-ring (bicyclic) bond motifs is 1. The lowest BCUT2D eigenvalue weighted by Gasteiger charge is -2.19. The number of thiazole rings is 1. The zero-order valence-corrected chi connectivity index (χ0v) is 12.0. The first kappa shape index (κ1) is 12.8. The number of aromatic nitrogens is 1. The Labute approximate surface area is 116 Å². The van der Waals surface area contributed by atoms with E-state index in [1.807, 2.05) is 20.0 Å². The quantitative estimate of drug-likeness (QED) is 0.901. The van der Waals surface area contributed by atoms with Crippen molar-refractivity contribution in [1.29, 1.82) is 0 Å². The molecule has 2 nitrogen and oxygen atoms in total. The van der Waals surface area contributed by atoms with Crippen LogP contribution in [-0.2, 0) is 6.42 Å². The molecule has 100 valence electrons. The molecule has 1 aromatic carbocycles. The summed E-state index contributed by atoms with van der Waals surface area (Å²) in [5.41, 5.74) is 3.22. The van der Waals surface area contributed by atoms with Crippen LogP contribution in [0.15, 0.2) is 18.2 Å². The molecule has 1 unspecified atom stereocenters. The van der Waals surface area contributed by atoms with Gasteiger partial charge in [0.05, 0.1) is 5.69 Å². The maximum Gasteiger partial charge on any atom is 0.124 e. The summed E-state index contributed by atoms with van der Waals surface area (Å²) in [6.07, 6.45) is 3.42. The number of aryl methyl sites for hydroxylation is 2. The van der Waals surface area contributed by atoms with Crippen LogP contribution in [0.5, 0.6) is 0 Å². The summed E-state index contributed by atoms with van der Waals surface area (Å²) >= 11 is 1.75. The van der Waals surface area contributed by atoms with E-state index in [0.29, 0.717) is 6.04 Å². The van der Waals surface area contributed by atoms with Gasteiger partial charge in [-0.25, -0.2) is 9.37 Å². The van der Waals surface area contributed by atoms with E-state index in [2.05, 4.69) is 5.32 Å². The van der Waals surface area contributed by atoms with Crippen molar-refractivity contribution >= 4 is 11.3 Å². The predicted molar refractivity (Wildman–Crippen MR) is 77.0 cm³/mol. The third-order valence-electron chi connectivity index (χ3n) is 3.72. The zero-order valence-electron chi connectivity index (χ0n) is 11.2. The van der Waals surface area contributed by atoms with Gasteiger partial charge in [-0.05, 0) is 57.0 Å². The summed E-state index contributed by atoms with van der Waals surface area (Å²) in [5, 5.41) is 4.38. The minimum absolute atomic E-state index is 0.185. The van der Waals surface area contributed by atoms with Gasteiger partial charge in [0, 0.05) is 16.5 Å². The molecule has 1 aromatic heterocycles. The maximum absolute atomic E-state index is 13.2. The van der Waals surface area contributed by atoms with Crippen LogP contribution in [0.1, 0.15) is 35.0 Å². The highest BCUT2D eigenvalue weighted by Crippen LogP contribution is 2.38. The first-order valence-corrected chi connectivity index (χ1v) is 7.44. The van der Waals surface area contributed by atoms with Crippen molar-refractivity contribution in [2.45, 2.75) is 32.2 Å². The van der Waals surface area contributed by atoms with Crippen LogP contribution in [0.4, 0.5) is 4.39 Å². The van der Waals surface area contributed by atoms with Crippen molar-refractivity contribution in [3.63, 3.8) is 0 Å². The lowest BCUT2D eigenvalue weighted by molar-refractivity contribution is 0.501. The minimum atomic E-state index is -0.185. The Hall–Kier alpha value is -1.26. The highest BCUT2D eigenvalue weighted by Gasteiger charge is 2.24. The Kier molecular flexibility index (Phi) is 3.37. The van der Waals surface area contributed by atoms with E-state index in [0.717, 1.165) is 22.6 Å². The number of hydrogen-bond donors (Lipinski definition) is 1. The van der Waals surface area contributed by atoms with Gasteiger partial charge in [-0.15, -0.1) is 11.3 Å². The molecule has 19 heavy (non-hydrogen) atoms. The van der Waals surface area contributed by atoms with Gasteiger partial charge in [-0.1, -0.05) is 0 Å².